The molecular weight excluding hydrogens is 244 g/mol. The summed E-state index contributed by atoms with van der Waals surface area (Å²) in [5, 5.41) is 0. The van der Waals surface area contributed by atoms with Crippen molar-refractivity contribution in [3.63, 3.8) is 0 Å². The average molecular weight is 260 g/mol. The van der Waals surface area contributed by atoms with E-state index in [9.17, 15) is 0 Å². The SMILES string of the molecule is Cc1ncsc1C(NN)C1CCc2cccnc21. The van der Waals surface area contributed by atoms with Crippen molar-refractivity contribution in [2.24, 2.45) is 5.84 Å². The van der Waals surface area contributed by atoms with Gasteiger partial charge >= 0.3 is 0 Å². The molecule has 18 heavy (non-hydrogen) atoms. The van der Waals surface area contributed by atoms with E-state index in [1.807, 2.05) is 24.7 Å². The third-order valence-corrected chi connectivity index (χ3v) is 4.66. The van der Waals surface area contributed by atoms with Gasteiger partial charge in [0.1, 0.15) is 0 Å². The number of pyridine rings is 1. The fourth-order valence-corrected chi connectivity index (χ4v) is 3.68. The van der Waals surface area contributed by atoms with E-state index in [4.69, 9.17) is 5.84 Å². The highest BCUT2D eigenvalue weighted by Crippen LogP contribution is 2.41. The Morgan fingerprint density at radius 3 is 3.11 bits per heavy atom. The van der Waals surface area contributed by atoms with E-state index in [-0.39, 0.29) is 6.04 Å². The first-order valence-electron chi connectivity index (χ1n) is 6.11. The summed E-state index contributed by atoms with van der Waals surface area (Å²) in [4.78, 5) is 10.1. The molecule has 0 aromatic carbocycles. The average Bonchev–Trinajstić information content (AvgIpc) is 2.99. The minimum absolute atomic E-state index is 0.119. The molecule has 2 aromatic rings. The maximum Gasteiger partial charge on any atom is 0.0798 e. The Balaban J connectivity index is 1.98. The zero-order chi connectivity index (χ0) is 12.5. The van der Waals surface area contributed by atoms with E-state index < -0.39 is 0 Å². The Morgan fingerprint density at radius 2 is 2.39 bits per heavy atom. The van der Waals surface area contributed by atoms with Crippen LogP contribution in [0.4, 0.5) is 0 Å². The van der Waals surface area contributed by atoms with Gasteiger partial charge in [0.25, 0.3) is 0 Å². The molecule has 2 unspecified atom stereocenters. The molecular formula is C13H16N4S. The van der Waals surface area contributed by atoms with Crippen molar-refractivity contribution in [2.45, 2.75) is 31.7 Å². The second-order valence-electron chi connectivity index (χ2n) is 4.64. The first kappa shape index (κ1) is 11.8. The molecule has 3 rings (SSSR count). The van der Waals surface area contributed by atoms with Crippen molar-refractivity contribution in [3.05, 3.63) is 45.7 Å². The molecule has 0 bridgehead atoms. The number of nitrogens with two attached hydrogens (primary N) is 1. The van der Waals surface area contributed by atoms with Crippen LogP contribution in [0.25, 0.3) is 0 Å². The van der Waals surface area contributed by atoms with Gasteiger partial charge in [-0.3, -0.25) is 16.3 Å². The summed E-state index contributed by atoms with van der Waals surface area (Å²) >= 11 is 1.66. The van der Waals surface area contributed by atoms with Gasteiger partial charge in [-0.25, -0.2) is 4.98 Å². The number of hydrogen-bond donors (Lipinski definition) is 2. The van der Waals surface area contributed by atoms with Crippen LogP contribution in [0.1, 0.15) is 40.2 Å². The molecule has 3 N–H and O–H groups in total. The second-order valence-corrected chi connectivity index (χ2v) is 5.53. The molecule has 0 aliphatic heterocycles. The minimum atomic E-state index is 0.119. The van der Waals surface area contributed by atoms with Crippen LogP contribution < -0.4 is 11.3 Å². The van der Waals surface area contributed by atoms with Crippen LogP contribution in [-0.2, 0) is 6.42 Å². The lowest BCUT2D eigenvalue weighted by molar-refractivity contribution is 0.451. The molecule has 0 fully saturated rings. The molecule has 0 radical (unpaired) electrons. The lowest BCUT2D eigenvalue weighted by atomic mass is 9.95. The first-order chi connectivity index (χ1) is 8.81. The Morgan fingerprint density at radius 1 is 1.50 bits per heavy atom. The Bertz CT molecular complexity index is 551. The fourth-order valence-electron chi connectivity index (χ4n) is 2.75. The molecule has 0 spiro atoms. The molecule has 2 heterocycles. The van der Waals surface area contributed by atoms with Gasteiger partial charge in [0.15, 0.2) is 0 Å². The van der Waals surface area contributed by atoms with Crippen LogP contribution >= 0.6 is 11.3 Å². The first-order valence-corrected chi connectivity index (χ1v) is 6.99. The van der Waals surface area contributed by atoms with Crippen LogP contribution in [0.15, 0.2) is 23.8 Å². The highest BCUT2D eigenvalue weighted by Gasteiger charge is 2.32. The van der Waals surface area contributed by atoms with Crippen molar-refractivity contribution in [2.75, 3.05) is 0 Å². The third kappa shape index (κ3) is 1.84. The monoisotopic (exact) mass is 260 g/mol. The number of nitrogens with one attached hydrogen (secondary N) is 1. The van der Waals surface area contributed by atoms with Crippen molar-refractivity contribution in [1.82, 2.24) is 15.4 Å². The number of aromatic nitrogens is 2. The third-order valence-electron chi connectivity index (χ3n) is 3.65. The minimum Gasteiger partial charge on any atom is -0.271 e. The topological polar surface area (TPSA) is 63.8 Å². The maximum absolute atomic E-state index is 5.77. The van der Waals surface area contributed by atoms with Crippen LogP contribution in [-0.4, -0.2) is 9.97 Å². The molecule has 2 atom stereocenters. The molecule has 2 aromatic heterocycles. The number of nitrogens with zero attached hydrogens (tertiary/aromatic N) is 2. The Labute approximate surface area is 110 Å². The summed E-state index contributed by atoms with van der Waals surface area (Å²) in [7, 11) is 0. The van der Waals surface area contributed by atoms with Crippen LogP contribution in [0.2, 0.25) is 0 Å². The van der Waals surface area contributed by atoms with Gasteiger partial charge in [-0.2, -0.15) is 0 Å². The molecule has 4 nitrogen and oxygen atoms in total. The van der Waals surface area contributed by atoms with Gasteiger partial charge in [-0.05, 0) is 31.4 Å². The normalized spacial score (nSPS) is 19.8. The van der Waals surface area contributed by atoms with E-state index in [1.165, 1.54) is 16.1 Å². The van der Waals surface area contributed by atoms with Gasteiger partial charge in [-0.1, -0.05) is 6.07 Å². The van der Waals surface area contributed by atoms with Crippen molar-refractivity contribution in [3.8, 4) is 0 Å². The number of rotatable bonds is 3. The second kappa shape index (κ2) is 4.76. The van der Waals surface area contributed by atoms with Crippen molar-refractivity contribution < 1.29 is 0 Å². The fraction of sp³-hybridized carbons (Fsp3) is 0.385. The van der Waals surface area contributed by atoms with E-state index >= 15 is 0 Å². The predicted octanol–water partition coefficient (Wildman–Crippen LogP) is 2.08. The number of fused-ring (bicyclic) bond motifs is 1. The quantitative estimate of drug-likeness (QED) is 0.655. The smallest absolute Gasteiger partial charge is 0.0798 e. The molecule has 1 aliphatic carbocycles. The Kier molecular flexibility index (Phi) is 3.11. The van der Waals surface area contributed by atoms with E-state index in [1.54, 1.807) is 11.3 Å². The van der Waals surface area contributed by atoms with Crippen molar-refractivity contribution >= 4 is 11.3 Å². The highest BCUT2D eigenvalue weighted by molar-refractivity contribution is 7.09. The molecule has 1 aliphatic rings. The van der Waals surface area contributed by atoms with Gasteiger partial charge < -0.3 is 0 Å². The molecule has 5 heteroatoms. The lowest BCUT2D eigenvalue weighted by Gasteiger charge is -2.22. The number of hydrogen-bond acceptors (Lipinski definition) is 5. The number of aryl methyl sites for hydroxylation is 2. The predicted molar refractivity (Wildman–Crippen MR) is 72.2 cm³/mol. The van der Waals surface area contributed by atoms with Gasteiger partial charge in [-0.15, -0.1) is 11.3 Å². The van der Waals surface area contributed by atoms with Crippen molar-refractivity contribution in [1.29, 1.82) is 0 Å². The molecule has 0 saturated heterocycles. The van der Waals surface area contributed by atoms with Crippen LogP contribution in [0.5, 0.6) is 0 Å². The van der Waals surface area contributed by atoms with Gasteiger partial charge in [0, 0.05) is 22.7 Å². The highest BCUT2D eigenvalue weighted by atomic mass is 32.1. The van der Waals surface area contributed by atoms with Gasteiger partial charge in [0.05, 0.1) is 17.2 Å². The lowest BCUT2D eigenvalue weighted by Crippen LogP contribution is -2.32. The summed E-state index contributed by atoms with van der Waals surface area (Å²) in [5.74, 6) is 6.12. The van der Waals surface area contributed by atoms with E-state index in [0.29, 0.717) is 5.92 Å². The summed E-state index contributed by atoms with van der Waals surface area (Å²) in [6.45, 7) is 2.03. The maximum atomic E-state index is 5.77. The number of thiazole rings is 1. The summed E-state index contributed by atoms with van der Waals surface area (Å²) in [6.07, 6.45) is 4.05. The summed E-state index contributed by atoms with van der Waals surface area (Å²) < 4.78 is 0. The van der Waals surface area contributed by atoms with E-state index in [0.717, 1.165) is 18.5 Å². The summed E-state index contributed by atoms with van der Waals surface area (Å²) in [5.41, 5.74) is 8.44. The van der Waals surface area contributed by atoms with Crippen LogP contribution in [0, 0.1) is 6.92 Å². The zero-order valence-corrected chi connectivity index (χ0v) is 11.1. The molecule has 0 saturated carbocycles. The molecule has 0 amide bonds. The largest absolute Gasteiger partial charge is 0.271 e. The van der Waals surface area contributed by atoms with Gasteiger partial charge in [0.2, 0.25) is 0 Å². The summed E-state index contributed by atoms with van der Waals surface area (Å²) in [6, 6.07) is 4.29. The molecule has 94 valence electrons. The number of hydrazine groups is 1. The zero-order valence-electron chi connectivity index (χ0n) is 10.3. The standard InChI is InChI=1S/C13H16N4S/c1-8-13(18-7-16-8)12(17-14)10-5-4-9-3-2-6-15-11(9)10/h2-3,6-7,10,12,17H,4-5,14H2,1H3. The van der Waals surface area contributed by atoms with Crippen LogP contribution in [0.3, 0.4) is 0 Å². The Hall–Kier alpha value is -1.30. The van der Waals surface area contributed by atoms with E-state index in [2.05, 4.69) is 21.5 Å².